The van der Waals surface area contributed by atoms with Gasteiger partial charge in [0.05, 0.1) is 22.2 Å². The summed E-state index contributed by atoms with van der Waals surface area (Å²) in [4.78, 5) is 55.6. The number of nitrogens with two attached hydrogens (primary N) is 3. The standard InChI is InChI=1S/C26H33N3O5Si.C18H31N3O3Si.H4N2.H2O/c1-27(2)19(16-28-24(30)20-8-6-7-9-21(20)25(28)31)14-18-10-11-22-23(15-18)34-26(32)29(22)17-33-12-13-35(3,4)5;1-20(2)15(12-19)10-14-6-7-16-17(11-14)24-18(22)21(16)13-23-8-9-25(3,4)5;1-2;/h6-11,15,19H,12-14,16-17H2,1-5H3;6-7,11,15H,8-10,12-13,19H2,1-5H3;1-2H2;1H2/t19-;15-;;/m00../s1. The number of hydrogen-bond acceptors (Lipinski definition) is 13. The first kappa shape index (κ1) is 52.8. The summed E-state index contributed by atoms with van der Waals surface area (Å²) >= 11 is 0. The van der Waals surface area contributed by atoms with E-state index in [0.717, 1.165) is 35.2 Å². The second-order valence-corrected chi connectivity index (χ2v) is 29.8. The largest absolute Gasteiger partial charge is 0.421 e. The Kier molecular flexibility index (Phi) is 19.6. The normalized spacial score (nSPS) is 13.8. The Balaban J connectivity index is 0.000000334. The van der Waals surface area contributed by atoms with E-state index in [1.807, 2.05) is 69.5 Å². The minimum atomic E-state index is -1.21. The van der Waals surface area contributed by atoms with Crippen molar-refractivity contribution < 1.29 is 33.4 Å². The van der Waals surface area contributed by atoms with E-state index in [-0.39, 0.29) is 55.1 Å². The number of amides is 2. The van der Waals surface area contributed by atoms with Gasteiger partial charge >= 0.3 is 11.5 Å². The Hall–Kier alpha value is -4.55. The minimum Gasteiger partial charge on any atom is -0.412 e. The van der Waals surface area contributed by atoms with Gasteiger partial charge in [0.2, 0.25) is 0 Å². The average Bonchev–Trinajstić information content (AvgIpc) is 3.79. The van der Waals surface area contributed by atoms with Crippen LogP contribution in [0.1, 0.15) is 31.8 Å². The molecular weight excluding hydrogens is 841 g/mol. The number of imide groups is 1. The molecule has 0 saturated heterocycles. The number of aromatic nitrogens is 2. The van der Waals surface area contributed by atoms with Gasteiger partial charge in [-0.05, 0) is 101 Å². The van der Waals surface area contributed by atoms with Gasteiger partial charge in [0.15, 0.2) is 11.2 Å². The van der Waals surface area contributed by atoms with Gasteiger partial charge in [-0.3, -0.25) is 26.2 Å². The predicted octanol–water partition coefficient (Wildman–Crippen LogP) is 4.01. The molecule has 0 bridgehead atoms. The van der Waals surface area contributed by atoms with E-state index in [1.165, 1.54) is 9.47 Å². The zero-order valence-corrected chi connectivity index (χ0v) is 40.7. The quantitative estimate of drug-likeness (QED) is 0.0349. The van der Waals surface area contributed by atoms with Crippen LogP contribution in [0.3, 0.4) is 0 Å². The number of oxazole rings is 2. The van der Waals surface area contributed by atoms with Crippen molar-refractivity contribution in [3.63, 3.8) is 0 Å². The molecule has 19 heteroatoms. The van der Waals surface area contributed by atoms with Gasteiger partial charge in [-0.1, -0.05) is 63.5 Å². The van der Waals surface area contributed by atoms with E-state index in [4.69, 9.17) is 24.0 Å². The van der Waals surface area contributed by atoms with E-state index in [2.05, 4.69) is 55.9 Å². The number of nitrogens with zero attached hydrogens (tertiary/aromatic N) is 5. The molecule has 0 unspecified atom stereocenters. The number of benzene rings is 3. The summed E-state index contributed by atoms with van der Waals surface area (Å²) in [6.07, 6.45) is 1.40. The second kappa shape index (κ2) is 23.4. The Morgan fingerprint density at radius 3 is 1.40 bits per heavy atom. The van der Waals surface area contributed by atoms with Crippen molar-refractivity contribution in [2.45, 2.75) is 89.8 Å². The molecule has 2 aromatic heterocycles. The molecule has 1 aliphatic heterocycles. The lowest BCUT2D eigenvalue weighted by atomic mass is 10.0. The molecule has 1 aliphatic rings. The van der Waals surface area contributed by atoms with Crippen molar-refractivity contribution in [1.29, 1.82) is 0 Å². The number of carbonyl (C=O) groups is 2. The van der Waals surface area contributed by atoms with Crippen molar-refractivity contribution in [3.05, 3.63) is 104 Å². The molecule has 0 radical (unpaired) electrons. The lowest BCUT2D eigenvalue weighted by molar-refractivity contribution is 0.0611. The third kappa shape index (κ3) is 14.5. The van der Waals surface area contributed by atoms with Crippen LogP contribution in [0, 0.1) is 0 Å². The summed E-state index contributed by atoms with van der Waals surface area (Å²) in [5.74, 6) is 6.67. The van der Waals surface area contributed by atoms with Gasteiger partial charge < -0.3 is 39.3 Å². The summed E-state index contributed by atoms with van der Waals surface area (Å²) < 4.78 is 25.4. The Morgan fingerprint density at radius 1 is 0.635 bits per heavy atom. The first-order chi connectivity index (χ1) is 29.3. The molecule has 17 nitrogen and oxygen atoms in total. The Labute approximate surface area is 372 Å². The zero-order chi connectivity index (χ0) is 45.9. The molecule has 0 aliphatic carbocycles. The first-order valence-corrected chi connectivity index (χ1v) is 28.4. The number of hydrogen-bond donors (Lipinski definition) is 3. The third-order valence-electron chi connectivity index (χ3n) is 10.8. The minimum absolute atomic E-state index is 0. The predicted molar refractivity (Wildman–Crippen MR) is 254 cm³/mol. The van der Waals surface area contributed by atoms with E-state index < -0.39 is 21.9 Å². The van der Waals surface area contributed by atoms with Gasteiger partial charge in [0, 0.05) is 54.5 Å². The maximum atomic E-state index is 12.8. The van der Waals surface area contributed by atoms with E-state index >= 15 is 0 Å². The number of carbonyl (C=O) groups excluding carboxylic acids is 2. The molecule has 2 amide bonds. The van der Waals surface area contributed by atoms with Gasteiger partial charge in [-0.25, -0.2) is 18.7 Å². The summed E-state index contributed by atoms with van der Waals surface area (Å²) in [5.41, 5.74) is 11.4. The average molecular weight is 911 g/mol. The summed E-state index contributed by atoms with van der Waals surface area (Å²) in [6, 6.07) is 20.7. The number of rotatable bonds is 19. The van der Waals surface area contributed by atoms with Crippen molar-refractivity contribution in [2.24, 2.45) is 17.4 Å². The lowest BCUT2D eigenvalue weighted by Crippen LogP contribution is -2.44. The molecular formula is C44H70N8O9Si2. The van der Waals surface area contributed by atoms with Gasteiger partial charge in [0.1, 0.15) is 13.5 Å². The van der Waals surface area contributed by atoms with Crippen LogP contribution in [0.5, 0.6) is 0 Å². The van der Waals surface area contributed by atoms with E-state index in [1.54, 1.807) is 28.8 Å². The van der Waals surface area contributed by atoms with Crippen LogP contribution in [0.2, 0.25) is 51.4 Å². The third-order valence-corrected chi connectivity index (χ3v) is 14.3. The molecule has 8 N–H and O–H groups in total. The van der Waals surface area contributed by atoms with Gasteiger partial charge in [-0.15, -0.1) is 0 Å². The molecule has 2 atom stereocenters. The molecule has 6 rings (SSSR count). The van der Waals surface area contributed by atoms with Crippen LogP contribution in [0.15, 0.2) is 79.1 Å². The number of hydrazine groups is 1. The van der Waals surface area contributed by atoms with Gasteiger partial charge in [-0.2, -0.15) is 0 Å². The number of likely N-dealkylation sites (N-methyl/N-ethyl adjacent to an activating group) is 2. The number of fused-ring (bicyclic) bond motifs is 3. The van der Waals surface area contributed by atoms with Crippen molar-refractivity contribution >= 4 is 50.2 Å². The SMILES string of the molecule is CN(C)[C@@H](Cc1ccc2c(c1)oc(=O)n2COCC[Si](C)(C)C)CN1C(=O)c2ccccc2C1=O.CN(C)[C@H](CN)Cc1ccc2c(c1)oc(=O)n2COCC[Si](C)(C)C.NN.O. The van der Waals surface area contributed by atoms with Crippen molar-refractivity contribution in [2.75, 3.05) is 54.5 Å². The zero-order valence-electron chi connectivity index (χ0n) is 38.7. The fourth-order valence-corrected chi connectivity index (χ4v) is 8.35. The van der Waals surface area contributed by atoms with Crippen LogP contribution in [0.4, 0.5) is 0 Å². The van der Waals surface area contributed by atoms with E-state index in [9.17, 15) is 19.2 Å². The molecule has 63 heavy (non-hydrogen) atoms. The molecule has 0 spiro atoms. The van der Waals surface area contributed by atoms with Crippen molar-refractivity contribution in [3.8, 4) is 0 Å². The number of ether oxygens (including phenoxy) is 2. The molecule has 348 valence electrons. The molecule has 3 aromatic carbocycles. The highest BCUT2D eigenvalue weighted by atomic mass is 28.3. The molecule has 5 aromatic rings. The highest BCUT2D eigenvalue weighted by Gasteiger charge is 2.36. The topological polar surface area (TPSA) is 242 Å². The lowest BCUT2D eigenvalue weighted by Gasteiger charge is -2.28. The summed E-state index contributed by atoms with van der Waals surface area (Å²) in [6.45, 7) is 16.3. The molecule has 3 heterocycles. The molecule has 0 saturated carbocycles. The summed E-state index contributed by atoms with van der Waals surface area (Å²) in [5, 5.41) is 0. The Bertz CT molecular complexity index is 2340. The fourth-order valence-electron chi connectivity index (χ4n) is 6.84. The van der Waals surface area contributed by atoms with E-state index in [0.29, 0.717) is 54.0 Å². The van der Waals surface area contributed by atoms with Crippen molar-refractivity contribution in [1.82, 2.24) is 23.8 Å². The highest BCUT2D eigenvalue weighted by Crippen LogP contribution is 2.25. The van der Waals surface area contributed by atoms with Crippen LogP contribution >= 0.6 is 0 Å². The van der Waals surface area contributed by atoms with Gasteiger partial charge in [0.25, 0.3) is 11.8 Å². The first-order valence-electron chi connectivity index (χ1n) is 21.0. The fraction of sp³-hybridized carbons (Fsp3) is 0.500. The second-order valence-electron chi connectivity index (χ2n) is 18.5. The maximum Gasteiger partial charge on any atom is 0.421 e. The van der Waals surface area contributed by atoms with Crippen LogP contribution in [-0.2, 0) is 35.8 Å². The highest BCUT2D eigenvalue weighted by molar-refractivity contribution is 6.76. The monoisotopic (exact) mass is 910 g/mol. The van der Waals surface area contributed by atoms with Crippen LogP contribution < -0.4 is 28.9 Å². The van der Waals surface area contributed by atoms with Crippen LogP contribution in [0.25, 0.3) is 22.2 Å². The Morgan fingerprint density at radius 2 is 1.03 bits per heavy atom. The maximum absolute atomic E-state index is 12.8. The smallest absolute Gasteiger partial charge is 0.412 e. The summed E-state index contributed by atoms with van der Waals surface area (Å²) in [7, 11) is 5.55. The molecule has 0 fully saturated rings. The van der Waals surface area contributed by atoms with Crippen LogP contribution in [-0.4, -0.2) is 124 Å².